The molecule has 1 fully saturated rings. The summed E-state index contributed by atoms with van der Waals surface area (Å²) in [6.45, 7) is 0. The van der Waals surface area contributed by atoms with Gasteiger partial charge in [-0.3, -0.25) is 0 Å². The summed E-state index contributed by atoms with van der Waals surface area (Å²) in [7, 11) is 0. The average Bonchev–Trinajstić information content (AvgIpc) is 2.98. The van der Waals surface area contributed by atoms with Crippen LogP contribution in [0.5, 0.6) is 0 Å². The van der Waals surface area contributed by atoms with Crippen molar-refractivity contribution in [2.75, 3.05) is 0 Å². The molecule has 0 radical (unpaired) electrons. The highest BCUT2D eigenvalue weighted by Crippen LogP contribution is 2.37. The maximum absolute atomic E-state index is 13.6. The maximum atomic E-state index is 13.6. The molecule has 0 unspecified atom stereocenters. The Morgan fingerprint density at radius 3 is 2.58 bits per heavy atom. The van der Waals surface area contributed by atoms with Gasteiger partial charge in [-0.2, -0.15) is 0 Å². The van der Waals surface area contributed by atoms with Gasteiger partial charge in [0.1, 0.15) is 11.6 Å². The number of rotatable bonds is 3. The number of benzene rings is 2. The number of nitrogens with zero attached hydrogens (tertiary/aromatic N) is 1. The fourth-order valence-corrected chi connectivity index (χ4v) is 4.20. The molecule has 4 rings (SSSR count). The van der Waals surface area contributed by atoms with Gasteiger partial charge in [-0.1, -0.05) is 30.3 Å². The fourth-order valence-electron chi connectivity index (χ4n) is 3.85. The highest BCUT2D eigenvalue weighted by molar-refractivity contribution is 9.10. The lowest BCUT2D eigenvalue weighted by Gasteiger charge is -2.28. The van der Waals surface area contributed by atoms with E-state index in [1.54, 1.807) is 6.07 Å². The number of aromatic nitrogens is 2. The zero-order valence-corrected chi connectivity index (χ0v) is 15.0. The molecule has 0 amide bonds. The average molecular weight is 387 g/mol. The Hall–Kier alpha value is -1.68. The van der Waals surface area contributed by atoms with Gasteiger partial charge in [0, 0.05) is 12.5 Å². The van der Waals surface area contributed by atoms with Crippen LogP contribution in [0.4, 0.5) is 4.39 Å². The van der Waals surface area contributed by atoms with Gasteiger partial charge in [-0.15, -0.1) is 0 Å². The Balaban J connectivity index is 1.42. The van der Waals surface area contributed by atoms with Gasteiger partial charge in [0.05, 0.1) is 15.5 Å². The van der Waals surface area contributed by atoms with Crippen LogP contribution in [0.15, 0.2) is 46.9 Å². The molecule has 4 heteroatoms. The second-order valence-electron chi connectivity index (χ2n) is 6.80. The van der Waals surface area contributed by atoms with Crippen LogP contribution < -0.4 is 0 Å². The summed E-state index contributed by atoms with van der Waals surface area (Å²) in [6, 6.07) is 14.1. The highest BCUT2D eigenvalue weighted by atomic mass is 79.9. The van der Waals surface area contributed by atoms with E-state index in [0.29, 0.717) is 21.8 Å². The highest BCUT2D eigenvalue weighted by Gasteiger charge is 2.23. The first-order valence-corrected chi connectivity index (χ1v) is 9.37. The summed E-state index contributed by atoms with van der Waals surface area (Å²) in [6.07, 6.45) is 5.91. The molecule has 24 heavy (non-hydrogen) atoms. The molecule has 0 bridgehead atoms. The molecule has 1 aromatic heterocycles. The van der Waals surface area contributed by atoms with Crippen molar-refractivity contribution >= 4 is 27.0 Å². The van der Waals surface area contributed by atoms with Gasteiger partial charge >= 0.3 is 0 Å². The van der Waals surface area contributed by atoms with E-state index in [1.165, 1.54) is 37.3 Å². The van der Waals surface area contributed by atoms with Crippen molar-refractivity contribution in [3.8, 4) is 0 Å². The molecule has 0 saturated heterocycles. The van der Waals surface area contributed by atoms with E-state index in [9.17, 15) is 4.39 Å². The monoisotopic (exact) mass is 386 g/mol. The fraction of sp³-hybridized carbons (Fsp3) is 0.350. The van der Waals surface area contributed by atoms with E-state index < -0.39 is 0 Å². The molecule has 0 spiro atoms. The molecule has 1 N–H and O–H groups in total. The largest absolute Gasteiger partial charge is 0.342 e. The Morgan fingerprint density at radius 1 is 1.08 bits per heavy atom. The van der Waals surface area contributed by atoms with Crippen LogP contribution in [0, 0.1) is 11.7 Å². The second kappa shape index (κ2) is 6.67. The van der Waals surface area contributed by atoms with Gasteiger partial charge in [-0.05, 0) is 65.1 Å². The van der Waals surface area contributed by atoms with E-state index in [4.69, 9.17) is 0 Å². The van der Waals surface area contributed by atoms with E-state index in [0.717, 1.165) is 17.8 Å². The zero-order valence-electron chi connectivity index (χ0n) is 13.4. The number of hydrogen-bond acceptors (Lipinski definition) is 1. The Kier molecular flexibility index (Phi) is 4.40. The lowest BCUT2D eigenvalue weighted by Crippen LogP contribution is -2.15. The Morgan fingerprint density at radius 2 is 1.83 bits per heavy atom. The minimum Gasteiger partial charge on any atom is -0.342 e. The molecule has 124 valence electrons. The first-order valence-electron chi connectivity index (χ1n) is 8.57. The maximum Gasteiger partial charge on any atom is 0.139 e. The van der Waals surface area contributed by atoms with E-state index in [-0.39, 0.29) is 5.82 Å². The third-order valence-corrected chi connectivity index (χ3v) is 5.78. The molecular formula is C20H20BrFN2. The van der Waals surface area contributed by atoms with Crippen molar-refractivity contribution in [1.82, 2.24) is 9.97 Å². The SMILES string of the molecule is Fc1cc2nc(C[C@H]3CC[C@@H](c4ccccc4)CC3)[nH]c2cc1Br. The van der Waals surface area contributed by atoms with Crippen molar-refractivity contribution in [2.45, 2.75) is 38.0 Å². The third-order valence-electron chi connectivity index (χ3n) is 5.17. The van der Waals surface area contributed by atoms with Crippen LogP contribution in [-0.4, -0.2) is 9.97 Å². The molecule has 2 aromatic carbocycles. The quantitative estimate of drug-likeness (QED) is 0.588. The Labute approximate surface area is 149 Å². The summed E-state index contributed by atoms with van der Waals surface area (Å²) in [5, 5.41) is 0. The predicted molar refractivity (Wildman–Crippen MR) is 98.6 cm³/mol. The van der Waals surface area contributed by atoms with Crippen LogP contribution in [0.2, 0.25) is 0 Å². The topological polar surface area (TPSA) is 28.7 Å². The van der Waals surface area contributed by atoms with Gasteiger partial charge < -0.3 is 4.98 Å². The number of nitrogens with one attached hydrogen (secondary N) is 1. The second-order valence-corrected chi connectivity index (χ2v) is 7.65. The van der Waals surface area contributed by atoms with Crippen LogP contribution in [0.1, 0.15) is 43.0 Å². The van der Waals surface area contributed by atoms with Crippen LogP contribution in [0.3, 0.4) is 0 Å². The first kappa shape index (κ1) is 15.8. The number of imidazole rings is 1. The van der Waals surface area contributed by atoms with Crippen molar-refractivity contribution in [2.24, 2.45) is 5.92 Å². The van der Waals surface area contributed by atoms with E-state index in [1.807, 2.05) is 0 Å². The molecule has 0 aliphatic heterocycles. The third kappa shape index (κ3) is 3.25. The summed E-state index contributed by atoms with van der Waals surface area (Å²) >= 11 is 3.23. The Bertz CT molecular complexity index is 796. The number of hydrogen-bond donors (Lipinski definition) is 1. The lowest BCUT2D eigenvalue weighted by atomic mass is 9.77. The number of H-pyrrole nitrogens is 1. The lowest BCUT2D eigenvalue weighted by molar-refractivity contribution is 0.321. The number of halogens is 2. The normalized spacial score (nSPS) is 21.2. The molecular weight excluding hydrogens is 367 g/mol. The smallest absolute Gasteiger partial charge is 0.139 e. The van der Waals surface area contributed by atoms with Crippen molar-refractivity contribution in [3.05, 3.63) is 64.1 Å². The minimum atomic E-state index is -0.260. The molecule has 1 saturated carbocycles. The zero-order chi connectivity index (χ0) is 16.5. The van der Waals surface area contributed by atoms with Gasteiger partial charge in [-0.25, -0.2) is 9.37 Å². The molecule has 3 aromatic rings. The van der Waals surface area contributed by atoms with Crippen molar-refractivity contribution < 1.29 is 4.39 Å². The summed E-state index contributed by atoms with van der Waals surface area (Å²) in [5.41, 5.74) is 3.08. The summed E-state index contributed by atoms with van der Waals surface area (Å²) in [4.78, 5) is 7.92. The minimum absolute atomic E-state index is 0.260. The van der Waals surface area contributed by atoms with Crippen LogP contribution >= 0.6 is 15.9 Å². The molecule has 1 aliphatic rings. The van der Waals surface area contributed by atoms with E-state index >= 15 is 0 Å². The molecule has 0 atom stereocenters. The number of aromatic amines is 1. The van der Waals surface area contributed by atoms with Crippen LogP contribution in [0.25, 0.3) is 11.0 Å². The van der Waals surface area contributed by atoms with Gasteiger partial charge in [0.15, 0.2) is 0 Å². The van der Waals surface area contributed by atoms with Crippen molar-refractivity contribution in [3.63, 3.8) is 0 Å². The van der Waals surface area contributed by atoms with Crippen LogP contribution in [-0.2, 0) is 6.42 Å². The van der Waals surface area contributed by atoms with Crippen molar-refractivity contribution in [1.29, 1.82) is 0 Å². The summed E-state index contributed by atoms with van der Waals surface area (Å²) in [5.74, 6) is 2.08. The molecule has 1 heterocycles. The summed E-state index contributed by atoms with van der Waals surface area (Å²) < 4.78 is 14.1. The van der Waals surface area contributed by atoms with Gasteiger partial charge in [0.2, 0.25) is 0 Å². The number of fused-ring (bicyclic) bond motifs is 1. The molecule has 1 aliphatic carbocycles. The van der Waals surface area contributed by atoms with E-state index in [2.05, 4.69) is 56.2 Å². The van der Waals surface area contributed by atoms with Gasteiger partial charge in [0.25, 0.3) is 0 Å². The standard InChI is InChI=1S/C20H20BrFN2/c21-16-11-18-19(12-17(16)22)24-20(23-18)10-13-6-8-15(9-7-13)14-4-2-1-3-5-14/h1-5,11-13,15H,6-10H2,(H,23,24)/t13-,15+. The predicted octanol–water partition coefficient (Wildman–Crippen LogP) is 5.98. The molecule has 2 nitrogen and oxygen atoms in total. The first-order chi connectivity index (χ1) is 11.7.